The predicted molar refractivity (Wildman–Crippen MR) is 75.9 cm³/mol. The van der Waals surface area contributed by atoms with E-state index in [9.17, 15) is 4.79 Å². The molecular weight excluding hydrogens is 254 g/mol. The number of tetrazole rings is 1. The largest absolute Gasteiger partial charge is 0.352 e. The molecule has 1 heterocycles. The van der Waals surface area contributed by atoms with Crippen molar-refractivity contribution in [2.75, 3.05) is 0 Å². The second kappa shape index (κ2) is 6.27. The highest BCUT2D eigenvalue weighted by molar-refractivity contribution is 5.75. The van der Waals surface area contributed by atoms with Crippen LogP contribution < -0.4 is 5.32 Å². The summed E-state index contributed by atoms with van der Waals surface area (Å²) < 4.78 is 0. The Morgan fingerprint density at radius 1 is 1.40 bits per heavy atom. The standard InChI is InChI=1S/C14H19N5O/c1-4-11(3)15-13(20)9-19-17-14(16-18-19)12-8-6-5-7-10(12)2/h5-8,11H,4,9H2,1-3H3,(H,15,20)/t11-/m1/s1. The Morgan fingerprint density at radius 3 is 2.85 bits per heavy atom. The first-order valence-electron chi connectivity index (χ1n) is 6.73. The van der Waals surface area contributed by atoms with Crippen molar-refractivity contribution in [2.24, 2.45) is 0 Å². The van der Waals surface area contributed by atoms with Crippen molar-refractivity contribution in [3.05, 3.63) is 29.8 Å². The second-order valence-corrected chi connectivity index (χ2v) is 4.84. The van der Waals surface area contributed by atoms with Crippen LogP contribution in [0.25, 0.3) is 11.4 Å². The van der Waals surface area contributed by atoms with Crippen molar-refractivity contribution >= 4 is 5.91 Å². The molecule has 20 heavy (non-hydrogen) atoms. The number of nitrogens with one attached hydrogen (secondary N) is 1. The van der Waals surface area contributed by atoms with Gasteiger partial charge in [0.1, 0.15) is 6.54 Å². The summed E-state index contributed by atoms with van der Waals surface area (Å²) in [4.78, 5) is 13.1. The van der Waals surface area contributed by atoms with E-state index in [0.29, 0.717) is 5.82 Å². The molecule has 2 rings (SSSR count). The Labute approximate surface area is 118 Å². The lowest BCUT2D eigenvalue weighted by Gasteiger charge is -2.10. The van der Waals surface area contributed by atoms with Crippen molar-refractivity contribution in [1.82, 2.24) is 25.5 Å². The number of carbonyl (C=O) groups excluding carboxylic acids is 1. The minimum atomic E-state index is -0.104. The molecule has 0 spiro atoms. The third-order valence-electron chi connectivity index (χ3n) is 3.14. The van der Waals surface area contributed by atoms with Crippen LogP contribution in [-0.2, 0) is 11.3 Å². The molecule has 0 aliphatic carbocycles. The Hall–Kier alpha value is -2.24. The van der Waals surface area contributed by atoms with Gasteiger partial charge in [0.2, 0.25) is 11.7 Å². The normalized spacial score (nSPS) is 12.2. The molecule has 0 unspecified atom stereocenters. The zero-order valence-corrected chi connectivity index (χ0v) is 12.0. The van der Waals surface area contributed by atoms with Crippen LogP contribution in [0.4, 0.5) is 0 Å². The summed E-state index contributed by atoms with van der Waals surface area (Å²) in [6, 6.07) is 7.98. The molecule has 0 saturated heterocycles. The van der Waals surface area contributed by atoms with Crippen LogP contribution in [0.2, 0.25) is 0 Å². The quantitative estimate of drug-likeness (QED) is 0.897. The molecular formula is C14H19N5O. The highest BCUT2D eigenvalue weighted by atomic mass is 16.2. The minimum Gasteiger partial charge on any atom is -0.352 e. The summed E-state index contributed by atoms with van der Waals surface area (Å²) in [7, 11) is 0. The molecule has 0 aliphatic rings. The Kier molecular flexibility index (Phi) is 4.45. The molecule has 6 heteroatoms. The first kappa shape index (κ1) is 14.2. The van der Waals surface area contributed by atoms with Gasteiger partial charge in [0.15, 0.2) is 0 Å². The molecule has 1 atom stereocenters. The molecule has 0 fully saturated rings. The van der Waals surface area contributed by atoms with Crippen LogP contribution in [0, 0.1) is 6.92 Å². The van der Waals surface area contributed by atoms with E-state index in [-0.39, 0.29) is 18.5 Å². The number of nitrogens with zero attached hydrogens (tertiary/aromatic N) is 4. The average molecular weight is 273 g/mol. The molecule has 1 aromatic heterocycles. The maximum atomic E-state index is 11.8. The Balaban J connectivity index is 2.06. The number of carbonyl (C=O) groups is 1. The maximum absolute atomic E-state index is 11.8. The number of aromatic nitrogens is 4. The Morgan fingerprint density at radius 2 is 2.15 bits per heavy atom. The van der Waals surface area contributed by atoms with Gasteiger partial charge < -0.3 is 5.32 Å². The Bertz CT molecular complexity index is 593. The summed E-state index contributed by atoms with van der Waals surface area (Å²) >= 11 is 0. The summed E-state index contributed by atoms with van der Waals surface area (Å²) in [5.41, 5.74) is 2.01. The fraction of sp³-hybridized carbons (Fsp3) is 0.429. The van der Waals surface area contributed by atoms with E-state index in [2.05, 4.69) is 20.7 Å². The lowest BCUT2D eigenvalue weighted by Crippen LogP contribution is -2.35. The van der Waals surface area contributed by atoms with Gasteiger partial charge in [0, 0.05) is 11.6 Å². The third kappa shape index (κ3) is 3.40. The zero-order valence-electron chi connectivity index (χ0n) is 12.0. The maximum Gasteiger partial charge on any atom is 0.243 e. The average Bonchev–Trinajstić information content (AvgIpc) is 2.87. The zero-order chi connectivity index (χ0) is 14.5. The smallest absolute Gasteiger partial charge is 0.243 e. The molecule has 0 saturated carbocycles. The van der Waals surface area contributed by atoms with Gasteiger partial charge in [-0.3, -0.25) is 4.79 Å². The molecule has 2 aromatic rings. The van der Waals surface area contributed by atoms with E-state index < -0.39 is 0 Å². The first-order valence-corrected chi connectivity index (χ1v) is 6.73. The number of benzene rings is 1. The van der Waals surface area contributed by atoms with Gasteiger partial charge in [-0.05, 0) is 31.0 Å². The van der Waals surface area contributed by atoms with Gasteiger partial charge in [-0.2, -0.15) is 4.80 Å². The molecule has 0 aliphatic heterocycles. The van der Waals surface area contributed by atoms with Crippen LogP contribution in [0.3, 0.4) is 0 Å². The third-order valence-corrected chi connectivity index (χ3v) is 3.14. The van der Waals surface area contributed by atoms with E-state index in [1.165, 1.54) is 4.80 Å². The molecule has 1 aromatic carbocycles. The van der Waals surface area contributed by atoms with Crippen LogP contribution in [0.15, 0.2) is 24.3 Å². The van der Waals surface area contributed by atoms with Gasteiger partial charge >= 0.3 is 0 Å². The van der Waals surface area contributed by atoms with Crippen molar-refractivity contribution < 1.29 is 4.79 Å². The minimum absolute atomic E-state index is 0.0865. The molecule has 0 radical (unpaired) electrons. The number of rotatable bonds is 5. The van der Waals surface area contributed by atoms with E-state index in [0.717, 1.165) is 17.5 Å². The van der Waals surface area contributed by atoms with Crippen LogP contribution in [0.5, 0.6) is 0 Å². The van der Waals surface area contributed by atoms with E-state index in [4.69, 9.17) is 0 Å². The van der Waals surface area contributed by atoms with Crippen LogP contribution >= 0.6 is 0 Å². The summed E-state index contributed by atoms with van der Waals surface area (Å²) in [6.07, 6.45) is 0.894. The molecule has 6 nitrogen and oxygen atoms in total. The van der Waals surface area contributed by atoms with Crippen LogP contribution in [0.1, 0.15) is 25.8 Å². The molecule has 106 valence electrons. The lowest BCUT2D eigenvalue weighted by molar-refractivity contribution is -0.122. The highest BCUT2D eigenvalue weighted by Crippen LogP contribution is 2.17. The van der Waals surface area contributed by atoms with Gasteiger partial charge in [0.25, 0.3) is 0 Å². The molecule has 1 N–H and O–H groups in total. The molecule has 0 bridgehead atoms. The number of amides is 1. The van der Waals surface area contributed by atoms with E-state index in [1.54, 1.807) is 0 Å². The van der Waals surface area contributed by atoms with Gasteiger partial charge in [-0.15, -0.1) is 10.2 Å². The van der Waals surface area contributed by atoms with Crippen molar-refractivity contribution in [3.8, 4) is 11.4 Å². The summed E-state index contributed by atoms with van der Waals surface area (Å²) in [5, 5.41) is 15.0. The van der Waals surface area contributed by atoms with Gasteiger partial charge in [-0.1, -0.05) is 31.2 Å². The van der Waals surface area contributed by atoms with Crippen molar-refractivity contribution in [2.45, 2.75) is 39.8 Å². The van der Waals surface area contributed by atoms with Crippen LogP contribution in [-0.4, -0.2) is 32.2 Å². The van der Waals surface area contributed by atoms with Crippen molar-refractivity contribution in [3.63, 3.8) is 0 Å². The van der Waals surface area contributed by atoms with Gasteiger partial charge in [-0.25, -0.2) is 0 Å². The lowest BCUT2D eigenvalue weighted by atomic mass is 10.1. The fourth-order valence-electron chi connectivity index (χ4n) is 1.79. The van der Waals surface area contributed by atoms with Gasteiger partial charge in [0.05, 0.1) is 0 Å². The number of hydrogen-bond donors (Lipinski definition) is 1. The van der Waals surface area contributed by atoms with Crippen molar-refractivity contribution in [1.29, 1.82) is 0 Å². The predicted octanol–water partition coefficient (Wildman–Crippen LogP) is 1.56. The number of hydrogen-bond acceptors (Lipinski definition) is 4. The topological polar surface area (TPSA) is 72.7 Å². The monoisotopic (exact) mass is 273 g/mol. The summed E-state index contributed by atoms with van der Waals surface area (Å²) in [6.45, 7) is 6.06. The molecule has 1 amide bonds. The number of aryl methyl sites for hydroxylation is 1. The van der Waals surface area contributed by atoms with E-state index in [1.807, 2.05) is 45.0 Å². The highest BCUT2D eigenvalue weighted by Gasteiger charge is 2.11. The second-order valence-electron chi connectivity index (χ2n) is 4.84. The fourth-order valence-corrected chi connectivity index (χ4v) is 1.79. The van der Waals surface area contributed by atoms with E-state index >= 15 is 0 Å². The summed E-state index contributed by atoms with van der Waals surface area (Å²) in [5.74, 6) is 0.438. The first-order chi connectivity index (χ1) is 9.60. The SMILES string of the molecule is CC[C@@H](C)NC(=O)Cn1nnc(-c2ccccc2C)n1.